The molecule has 0 spiro atoms. The molecular formula is C12H17NOS. The molecule has 0 N–H and O–H groups in total. The van der Waals surface area contributed by atoms with E-state index < -0.39 is 0 Å². The van der Waals surface area contributed by atoms with Gasteiger partial charge in [-0.05, 0) is 23.4 Å². The van der Waals surface area contributed by atoms with Gasteiger partial charge in [0.2, 0.25) is 0 Å². The minimum atomic E-state index is 0.424. The summed E-state index contributed by atoms with van der Waals surface area (Å²) in [6.45, 7) is 5.12. The molecule has 3 heteroatoms. The summed E-state index contributed by atoms with van der Waals surface area (Å²) in [6.07, 6.45) is 2.60. The van der Waals surface area contributed by atoms with Gasteiger partial charge in [0.25, 0.3) is 0 Å². The van der Waals surface area contributed by atoms with Crippen LogP contribution in [-0.2, 0) is 17.8 Å². The van der Waals surface area contributed by atoms with E-state index in [0.717, 1.165) is 38.9 Å². The highest BCUT2D eigenvalue weighted by Gasteiger charge is 2.17. The third kappa shape index (κ3) is 2.67. The summed E-state index contributed by atoms with van der Waals surface area (Å²) in [4.78, 5) is 15.0. The van der Waals surface area contributed by atoms with Crippen LogP contribution in [0.5, 0.6) is 0 Å². The number of Topliss-reactive ketones (excluding diaryl/α,β-unsaturated/α-hetero) is 1. The van der Waals surface area contributed by atoms with Crippen molar-refractivity contribution in [1.29, 1.82) is 0 Å². The zero-order valence-electron chi connectivity index (χ0n) is 9.16. The van der Waals surface area contributed by atoms with Crippen molar-refractivity contribution in [2.24, 2.45) is 0 Å². The maximum absolute atomic E-state index is 11.1. The summed E-state index contributed by atoms with van der Waals surface area (Å²) in [5.74, 6) is 0.424. The first-order valence-corrected chi connectivity index (χ1v) is 6.47. The predicted molar refractivity (Wildman–Crippen MR) is 63.2 cm³/mol. The first kappa shape index (κ1) is 10.8. The maximum Gasteiger partial charge on any atom is 0.135 e. The lowest BCUT2D eigenvalue weighted by Crippen LogP contribution is -2.33. The molecule has 1 aromatic rings. The standard InChI is InChI=1S/C12H17NOS/c1-2-10-5-8-15-12(10)9-13-6-3-11(14)4-7-13/h5,8H,2-4,6-7,9H2,1H3. The molecule has 0 radical (unpaired) electrons. The molecule has 2 nitrogen and oxygen atoms in total. The van der Waals surface area contributed by atoms with Crippen LogP contribution >= 0.6 is 11.3 Å². The molecule has 0 aliphatic carbocycles. The normalized spacial score (nSPS) is 18.3. The van der Waals surface area contributed by atoms with Crippen LogP contribution in [0.2, 0.25) is 0 Å². The molecule has 1 saturated heterocycles. The van der Waals surface area contributed by atoms with Crippen molar-refractivity contribution in [2.75, 3.05) is 13.1 Å². The van der Waals surface area contributed by atoms with E-state index in [2.05, 4.69) is 23.3 Å². The van der Waals surface area contributed by atoms with Gasteiger partial charge in [0, 0.05) is 37.4 Å². The largest absolute Gasteiger partial charge is 0.300 e. The summed E-state index contributed by atoms with van der Waals surface area (Å²) in [5.41, 5.74) is 1.47. The van der Waals surface area contributed by atoms with E-state index in [4.69, 9.17) is 0 Å². The summed E-state index contributed by atoms with van der Waals surface area (Å²) in [6, 6.07) is 2.22. The lowest BCUT2D eigenvalue weighted by Gasteiger charge is -2.25. The predicted octanol–water partition coefficient (Wildman–Crippen LogP) is 2.48. The second-order valence-corrected chi connectivity index (χ2v) is 5.04. The second kappa shape index (κ2) is 4.90. The Morgan fingerprint density at radius 3 is 2.80 bits per heavy atom. The highest BCUT2D eigenvalue weighted by Crippen LogP contribution is 2.20. The van der Waals surface area contributed by atoms with Gasteiger partial charge in [-0.1, -0.05) is 6.92 Å². The Bertz CT molecular complexity index is 335. The monoisotopic (exact) mass is 223 g/mol. The number of nitrogens with zero attached hydrogens (tertiary/aromatic N) is 1. The number of carbonyl (C=O) groups is 1. The van der Waals surface area contributed by atoms with Crippen molar-refractivity contribution in [1.82, 2.24) is 4.90 Å². The van der Waals surface area contributed by atoms with Crippen LogP contribution in [0.15, 0.2) is 11.4 Å². The van der Waals surface area contributed by atoms with Crippen molar-refractivity contribution in [3.05, 3.63) is 21.9 Å². The van der Waals surface area contributed by atoms with Gasteiger partial charge in [-0.25, -0.2) is 0 Å². The lowest BCUT2D eigenvalue weighted by atomic mass is 10.1. The van der Waals surface area contributed by atoms with Crippen LogP contribution in [0.25, 0.3) is 0 Å². The average molecular weight is 223 g/mol. The fourth-order valence-corrected chi connectivity index (χ4v) is 3.00. The first-order valence-electron chi connectivity index (χ1n) is 5.59. The topological polar surface area (TPSA) is 20.3 Å². The van der Waals surface area contributed by atoms with E-state index in [9.17, 15) is 4.79 Å². The van der Waals surface area contributed by atoms with Crippen LogP contribution in [-0.4, -0.2) is 23.8 Å². The molecule has 0 unspecified atom stereocenters. The van der Waals surface area contributed by atoms with Crippen molar-refractivity contribution in [3.8, 4) is 0 Å². The Hall–Kier alpha value is -0.670. The summed E-state index contributed by atoms with van der Waals surface area (Å²) in [5, 5.41) is 2.17. The molecule has 0 aromatic carbocycles. The molecule has 0 bridgehead atoms. The molecule has 1 aliphatic rings. The average Bonchev–Trinajstić information content (AvgIpc) is 2.69. The smallest absolute Gasteiger partial charge is 0.135 e. The minimum absolute atomic E-state index is 0.424. The van der Waals surface area contributed by atoms with Gasteiger partial charge in [0.15, 0.2) is 0 Å². The van der Waals surface area contributed by atoms with Gasteiger partial charge in [-0.2, -0.15) is 0 Å². The molecule has 1 aromatic heterocycles. The van der Waals surface area contributed by atoms with Crippen LogP contribution in [0, 0.1) is 0 Å². The molecule has 0 amide bonds. The number of carbonyl (C=O) groups excluding carboxylic acids is 1. The number of thiophene rings is 1. The van der Waals surface area contributed by atoms with E-state index in [1.165, 1.54) is 10.4 Å². The number of ketones is 1. The fourth-order valence-electron chi connectivity index (χ4n) is 1.98. The van der Waals surface area contributed by atoms with Crippen LogP contribution in [0.4, 0.5) is 0 Å². The van der Waals surface area contributed by atoms with Crippen LogP contribution in [0.3, 0.4) is 0 Å². The van der Waals surface area contributed by atoms with E-state index in [0.29, 0.717) is 5.78 Å². The zero-order valence-corrected chi connectivity index (χ0v) is 9.98. The highest BCUT2D eigenvalue weighted by molar-refractivity contribution is 7.10. The van der Waals surface area contributed by atoms with Gasteiger partial charge in [0.05, 0.1) is 0 Å². The molecule has 0 atom stereocenters. The van der Waals surface area contributed by atoms with E-state index in [-0.39, 0.29) is 0 Å². The molecule has 15 heavy (non-hydrogen) atoms. The third-order valence-corrected chi connectivity index (χ3v) is 3.95. The van der Waals surface area contributed by atoms with Crippen LogP contribution in [0.1, 0.15) is 30.2 Å². The van der Waals surface area contributed by atoms with Gasteiger partial charge < -0.3 is 0 Å². The van der Waals surface area contributed by atoms with Gasteiger partial charge in [0.1, 0.15) is 5.78 Å². The SMILES string of the molecule is CCc1ccsc1CN1CCC(=O)CC1. The van der Waals surface area contributed by atoms with Crippen molar-refractivity contribution in [2.45, 2.75) is 32.7 Å². The molecule has 2 heterocycles. The number of hydrogen-bond donors (Lipinski definition) is 0. The summed E-state index contributed by atoms with van der Waals surface area (Å²) < 4.78 is 0. The van der Waals surface area contributed by atoms with E-state index >= 15 is 0 Å². The Morgan fingerprint density at radius 1 is 1.40 bits per heavy atom. The van der Waals surface area contributed by atoms with Gasteiger partial charge in [-0.15, -0.1) is 11.3 Å². The number of hydrogen-bond acceptors (Lipinski definition) is 3. The number of aryl methyl sites for hydroxylation is 1. The molecule has 1 aliphatic heterocycles. The molecule has 82 valence electrons. The fraction of sp³-hybridized carbons (Fsp3) is 0.583. The quantitative estimate of drug-likeness (QED) is 0.784. The Labute approximate surface area is 94.9 Å². The minimum Gasteiger partial charge on any atom is -0.300 e. The molecule has 2 rings (SSSR count). The Kier molecular flexibility index (Phi) is 3.54. The van der Waals surface area contributed by atoms with Crippen molar-refractivity contribution < 1.29 is 4.79 Å². The number of rotatable bonds is 3. The van der Waals surface area contributed by atoms with E-state index in [1.807, 2.05) is 11.3 Å². The maximum atomic E-state index is 11.1. The first-order chi connectivity index (χ1) is 7.29. The van der Waals surface area contributed by atoms with Crippen molar-refractivity contribution in [3.63, 3.8) is 0 Å². The van der Waals surface area contributed by atoms with Crippen molar-refractivity contribution >= 4 is 17.1 Å². The summed E-state index contributed by atoms with van der Waals surface area (Å²) in [7, 11) is 0. The number of piperidine rings is 1. The Morgan fingerprint density at radius 2 is 2.13 bits per heavy atom. The second-order valence-electron chi connectivity index (χ2n) is 4.04. The van der Waals surface area contributed by atoms with E-state index in [1.54, 1.807) is 0 Å². The number of likely N-dealkylation sites (tertiary alicyclic amines) is 1. The van der Waals surface area contributed by atoms with Gasteiger partial charge in [-0.3, -0.25) is 9.69 Å². The molecule has 1 fully saturated rings. The lowest BCUT2D eigenvalue weighted by molar-refractivity contribution is -0.121. The zero-order chi connectivity index (χ0) is 10.7. The Balaban J connectivity index is 1.94. The van der Waals surface area contributed by atoms with Gasteiger partial charge >= 0.3 is 0 Å². The van der Waals surface area contributed by atoms with Crippen LogP contribution < -0.4 is 0 Å². The summed E-state index contributed by atoms with van der Waals surface area (Å²) >= 11 is 1.84. The highest BCUT2D eigenvalue weighted by atomic mass is 32.1. The molecule has 0 saturated carbocycles. The third-order valence-electron chi connectivity index (χ3n) is 3.00. The molecular weight excluding hydrogens is 206 g/mol.